The quantitative estimate of drug-likeness (QED) is 0.325. The molecule has 0 aliphatic heterocycles. The summed E-state index contributed by atoms with van der Waals surface area (Å²) in [6.45, 7) is 17.8. The number of para-hydroxylation sites is 2. The number of nitrogens with zero attached hydrogens (tertiary/aromatic N) is 3. The maximum atomic E-state index is 5.80. The Labute approximate surface area is 187 Å². The predicted molar refractivity (Wildman–Crippen MR) is 127 cm³/mol. The van der Waals surface area contributed by atoms with E-state index in [0.717, 1.165) is 11.4 Å². The first kappa shape index (κ1) is 23.1. The van der Waals surface area contributed by atoms with Crippen molar-refractivity contribution in [3.8, 4) is 17.3 Å². The van der Waals surface area contributed by atoms with Gasteiger partial charge in [-0.3, -0.25) is 4.68 Å². The number of methoxy groups -OCH3 is 1. The average Bonchev–Trinajstić information content (AvgIpc) is 3.16. The average molecular weight is 420 g/mol. The SMILES string of the molecule is COc1[c-][n+](-c2c(C(C)C)cccc2C(C)C)nn1-c1c(C(C)C)cccc1C(C)C. The second-order valence-electron chi connectivity index (χ2n) is 9.52. The Morgan fingerprint density at radius 2 is 1.16 bits per heavy atom. The highest BCUT2D eigenvalue weighted by Gasteiger charge is 2.25. The lowest BCUT2D eigenvalue weighted by Crippen LogP contribution is -2.37. The van der Waals surface area contributed by atoms with Crippen LogP contribution in [0.15, 0.2) is 36.4 Å². The molecule has 0 aliphatic carbocycles. The molecular formula is C27H37N3O. The van der Waals surface area contributed by atoms with E-state index in [4.69, 9.17) is 9.95 Å². The molecule has 3 aromatic rings. The van der Waals surface area contributed by atoms with Crippen molar-refractivity contribution in [1.82, 2.24) is 9.90 Å². The van der Waals surface area contributed by atoms with Crippen molar-refractivity contribution in [3.05, 3.63) is 64.8 Å². The Hall–Kier alpha value is -2.62. The molecule has 0 fully saturated rings. The van der Waals surface area contributed by atoms with Crippen molar-refractivity contribution < 1.29 is 9.42 Å². The van der Waals surface area contributed by atoms with E-state index in [1.165, 1.54) is 22.3 Å². The third-order valence-electron chi connectivity index (χ3n) is 5.87. The van der Waals surface area contributed by atoms with E-state index in [0.29, 0.717) is 29.6 Å². The van der Waals surface area contributed by atoms with Gasteiger partial charge in [0, 0.05) is 16.8 Å². The molecule has 0 amide bonds. The van der Waals surface area contributed by atoms with Gasteiger partial charge in [-0.15, -0.1) is 0 Å². The van der Waals surface area contributed by atoms with Crippen molar-refractivity contribution >= 4 is 0 Å². The molecular weight excluding hydrogens is 382 g/mol. The number of benzene rings is 2. The Morgan fingerprint density at radius 1 is 0.742 bits per heavy atom. The largest absolute Gasteiger partial charge is 0.476 e. The Balaban J connectivity index is 2.34. The summed E-state index contributed by atoms with van der Waals surface area (Å²) in [5.41, 5.74) is 7.26. The molecule has 0 N–H and O–H groups in total. The fourth-order valence-corrected chi connectivity index (χ4v) is 4.18. The summed E-state index contributed by atoms with van der Waals surface area (Å²) >= 11 is 0. The highest BCUT2D eigenvalue weighted by molar-refractivity contribution is 5.52. The number of hydrogen-bond donors (Lipinski definition) is 0. The lowest BCUT2D eigenvalue weighted by Gasteiger charge is -2.22. The summed E-state index contributed by atoms with van der Waals surface area (Å²) in [6, 6.07) is 13.1. The fourth-order valence-electron chi connectivity index (χ4n) is 4.18. The number of aromatic nitrogens is 3. The third kappa shape index (κ3) is 4.39. The third-order valence-corrected chi connectivity index (χ3v) is 5.87. The number of hydrogen-bond acceptors (Lipinski definition) is 2. The maximum Gasteiger partial charge on any atom is 0.259 e. The van der Waals surface area contributed by atoms with Crippen LogP contribution >= 0.6 is 0 Å². The molecule has 0 saturated heterocycles. The van der Waals surface area contributed by atoms with Crippen LogP contribution in [0.2, 0.25) is 0 Å². The van der Waals surface area contributed by atoms with Crippen LogP contribution in [0.25, 0.3) is 11.4 Å². The van der Waals surface area contributed by atoms with E-state index in [1.54, 1.807) is 7.11 Å². The molecule has 1 heterocycles. The van der Waals surface area contributed by atoms with Crippen LogP contribution in [0.1, 0.15) is 101 Å². The van der Waals surface area contributed by atoms with E-state index in [-0.39, 0.29) is 0 Å². The molecule has 4 nitrogen and oxygen atoms in total. The molecule has 2 aromatic carbocycles. The van der Waals surface area contributed by atoms with Gasteiger partial charge in [0.05, 0.1) is 18.5 Å². The van der Waals surface area contributed by atoms with E-state index >= 15 is 0 Å². The molecule has 0 bridgehead atoms. The molecule has 0 spiro atoms. The van der Waals surface area contributed by atoms with Crippen LogP contribution in [0.4, 0.5) is 0 Å². The highest BCUT2D eigenvalue weighted by atomic mass is 16.5. The van der Waals surface area contributed by atoms with E-state index in [1.807, 2.05) is 9.36 Å². The van der Waals surface area contributed by atoms with Gasteiger partial charge >= 0.3 is 0 Å². The van der Waals surface area contributed by atoms with E-state index in [2.05, 4.69) is 98.0 Å². The van der Waals surface area contributed by atoms with E-state index in [9.17, 15) is 0 Å². The minimum absolute atomic E-state index is 0.366. The van der Waals surface area contributed by atoms with Crippen molar-refractivity contribution in [2.45, 2.75) is 79.1 Å². The summed E-state index contributed by atoms with van der Waals surface area (Å²) < 4.78 is 9.63. The topological polar surface area (TPSA) is 30.9 Å². The summed E-state index contributed by atoms with van der Waals surface area (Å²) in [6.07, 6.45) is 3.42. The number of ether oxygens (including phenoxy) is 1. The van der Waals surface area contributed by atoms with Crippen LogP contribution < -0.4 is 9.42 Å². The van der Waals surface area contributed by atoms with Crippen LogP contribution in [0, 0.1) is 6.20 Å². The lowest BCUT2D eigenvalue weighted by molar-refractivity contribution is -0.666. The monoisotopic (exact) mass is 419 g/mol. The van der Waals surface area contributed by atoms with Gasteiger partial charge in [-0.1, -0.05) is 108 Å². The van der Waals surface area contributed by atoms with Crippen molar-refractivity contribution in [2.24, 2.45) is 0 Å². The molecule has 0 unspecified atom stereocenters. The minimum Gasteiger partial charge on any atom is -0.476 e. The van der Waals surface area contributed by atoms with Gasteiger partial charge in [0.1, 0.15) is 0 Å². The molecule has 0 saturated carbocycles. The highest BCUT2D eigenvalue weighted by Crippen LogP contribution is 2.33. The first-order valence-electron chi connectivity index (χ1n) is 11.4. The number of rotatable bonds is 7. The molecule has 4 heteroatoms. The van der Waals surface area contributed by atoms with Gasteiger partial charge in [-0.25, -0.2) is 0 Å². The van der Waals surface area contributed by atoms with Crippen molar-refractivity contribution in [2.75, 3.05) is 7.11 Å². The summed E-state index contributed by atoms with van der Waals surface area (Å²) in [5.74, 6) is 2.10. The summed E-state index contributed by atoms with van der Waals surface area (Å²) in [7, 11) is 1.69. The molecule has 0 atom stereocenters. The van der Waals surface area contributed by atoms with Crippen LogP contribution in [-0.2, 0) is 0 Å². The van der Waals surface area contributed by atoms with Crippen LogP contribution in [0.3, 0.4) is 0 Å². The summed E-state index contributed by atoms with van der Waals surface area (Å²) in [4.78, 5) is 0. The van der Waals surface area contributed by atoms with E-state index < -0.39 is 0 Å². The fraction of sp³-hybridized carbons (Fsp3) is 0.481. The maximum absolute atomic E-state index is 5.80. The predicted octanol–water partition coefficient (Wildman–Crippen LogP) is 6.45. The van der Waals surface area contributed by atoms with Gasteiger partial charge in [-0.2, -0.15) is 0 Å². The Bertz CT molecular complexity index is 992. The Kier molecular flexibility index (Phi) is 6.88. The lowest BCUT2D eigenvalue weighted by atomic mass is 9.93. The molecule has 31 heavy (non-hydrogen) atoms. The van der Waals surface area contributed by atoms with Gasteiger partial charge in [0.2, 0.25) is 0 Å². The summed E-state index contributed by atoms with van der Waals surface area (Å²) in [5, 5.41) is 5.05. The molecule has 3 rings (SSSR count). The van der Waals surface area contributed by atoms with Gasteiger partial charge in [0.25, 0.3) is 5.88 Å². The van der Waals surface area contributed by atoms with Crippen LogP contribution in [0.5, 0.6) is 5.88 Å². The molecule has 1 aromatic heterocycles. The smallest absolute Gasteiger partial charge is 0.259 e. The van der Waals surface area contributed by atoms with Crippen molar-refractivity contribution in [1.29, 1.82) is 0 Å². The second kappa shape index (κ2) is 9.25. The normalized spacial score (nSPS) is 11.9. The van der Waals surface area contributed by atoms with Gasteiger partial charge < -0.3 is 4.74 Å². The minimum atomic E-state index is 0.366. The first-order chi connectivity index (χ1) is 14.7. The zero-order valence-electron chi connectivity index (χ0n) is 20.5. The van der Waals surface area contributed by atoms with Crippen molar-refractivity contribution in [3.63, 3.8) is 0 Å². The van der Waals surface area contributed by atoms with Crippen LogP contribution in [-0.4, -0.2) is 17.0 Å². The second-order valence-corrected chi connectivity index (χ2v) is 9.52. The molecule has 166 valence electrons. The molecule has 0 radical (unpaired) electrons. The van der Waals surface area contributed by atoms with Gasteiger partial charge in [0.15, 0.2) is 5.69 Å². The first-order valence-corrected chi connectivity index (χ1v) is 11.4. The zero-order chi connectivity index (χ0) is 22.9. The Morgan fingerprint density at radius 3 is 1.55 bits per heavy atom. The standard InChI is InChI=1S/C27H37N3O/c1-17(2)21-12-10-13-22(18(3)4)26(21)29-16-25(31-9)30(28-29)27-23(19(5)6)14-11-15-24(27)20(7)8/h10-15,17-20H,1-9H3. The molecule has 0 aliphatic rings. The zero-order valence-corrected chi connectivity index (χ0v) is 20.5. The van der Waals surface area contributed by atoms with Gasteiger partial charge in [-0.05, 0) is 23.7 Å².